The van der Waals surface area contributed by atoms with Crippen molar-refractivity contribution < 1.29 is 19.1 Å². The Hall–Kier alpha value is -1.64. The molecule has 7 nitrogen and oxygen atoms in total. The van der Waals surface area contributed by atoms with Crippen molar-refractivity contribution in [3.8, 4) is 0 Å². The topological polar surface area (TPSA) is 71.1 Å². The van der Waals surface area contributed by atoms with Crippen molar-refractivity contribution in [3.05, 3.63) is 17.5 Å². The molecule has 1 aromatic rings. The van der Waals surface area contributed by atoms with E-state index in [1.165, 1.54) is 11.3 Å². The maximum absolute atomic E-state index is 11.9. The highest BCUT2D eigenvalue weighted by molar-refractivity contribution is 7.14. The van der Waals surface area contributed by atoms with E-state index in [-0.39, 0.29) is 18.1 Å². The van der Waals surface area contributed by atoms with E-state index in [1.807, 2.05) is 17.5 Å². The van der Waals surface area contributed by atoms with Crippen LogP contribution in [0.4, 0.5) is 9.80 Å². The molecule has 0 saturated carbocycles. The fraction of sp³-hybridized carbons (Fsp3) is 0.600. The van der Waals surface area contributed by atoms with Gasteiger partial charge in [0.05, 0.1) is 26.3 Å². The molecule has 0 aliphatic carbocycles. The van der Waals surface area contributed by atoms with E-state index in [1.54, 1.807) is 4.90 Å². The minimum atomic E-state index is -0.347. The average Bonchev–Trinajstić information content (AvgIpc) is 3.21. The summed E-state index contributed by atoms with van der Waals surface area (Å²) in [5.41, 5.74) is 0. The average molecular weight is 339 g/mol. The molecule has 2 saturated heterocycles. The summed E-state index contributed by atoms with van der Waals surface area (Å²) < 4.78 is 10.6. The van der Waals surface area contributed by atoms with E-state index in [0.717, 1.165) is 37.8 Å². The maximum Gasteiger partial charge on any atom is 0.415 e. The van der Waals surface area contributed by atoms with E-state index >= 15 is 0 Å². The number of cyclic esters (lactones) is 1. The van der Waals surface area contributed by atoms with Crippen LogP contribution in [0.3, 0.4) is 0 Å². The van der Waals surface area contributed by atoms with Gasteiger partial charge in [0, 0.05) is 26.1 Å². The molecule has 3 rings (SSSR count). The third-order valence-corrected chi connectivity index (χ3v) is 4.82. The molecule has 1 atom stereocenters. The summed E-state index contributed by atoms with van der Waals surface area (Å²) >= 11 is 1.50. The predicted octanol–water partition coefficient (Wildman–Crippen LogP) is 0.912. The largest absolute Gasteiger partial charge is 0.442 e. The SMILES string of the molecule is O=C(CCN1CCOCC1)NCC1CN(c2cccs2)C(=O)O1. The van der Waals surface area contributed by atoms with Crippen LogP contribution in [0.15, 0.2) is 17.5 Å². The molecule has 0 spiro atoms. The normalized spacial score (nSPS) is 22.2. The third kappa shape index (κ3) is 4.43. The van der Waals surface area contributed by atoms with Crippen LogP contribution in [-0.4, -0.2) is 68.9 Å². The molecule has 3 heterocycles. The van der Waals surface area contributed by atoms with Crippen LogP contribution in [0.2, 0.25) is 0 Å². The van der Waals surface area contributed by atoms with E-state index in [9.17, 15) is 9.59 Å². The highest BCUT2D eigenvalue weighted by Gasteiger charge is 2.32. The van der Waals surface area contributed by atoms with Crippen LogP contribution in [0.5, 0.6) is 0 Å². The first-order chi connectivity index (χ1) is 11.2. The lowest BCUT2D eigenvalue weighted by Crippen LogP contribution is -2.40. The highest BCUT2D eigenvalue weighted by atomic mass is 32.1. The number of hydrogen-bond donors (Lipinski definition) is 1. The van der Waals surface area contributed by atoms with Crippen LogP contribution in [0, 0.1) is 0 Å². The molecular weight excluding hydrogens is 318 g/mol. The molecule has 126 valence electrons. The monoisotopic (exact) mass is 339 g/mol. The van der Waals surface area contributed by atoms with Gasteiger partial charge in [-0.25, -0.2) is 4.79 Å². The number of anilines is 1. The number of thiophene rings is 1. The number of rotatable bonds is 6. The number of morpholine rings is 1. The summed E-state index contributed by atoms with van der Waals surface area (Å²) in [7, 11) is 0. The van der Waals surface area contributed by atoms with Crippen molar-refractivity contribution in [1.29, 1.82) is 0 Å². The number of nitrogens with zero attached hydrogens (tertiary/aromatic N) is 2. The number of nitrogens with one attached hydrogen (secondary N) is 1. The van der Waals surface area contributed by atoms with Crippen molar-refractivity contribution in [1.82, 2.24) is 10.2 Å². The quantitative estimate of drug-likeness (QED) is 0.834. The molecule has 1 unspecified atom stereocenters. The molecule has 0 aromatic carbocycles. The predicted molar refractivity (Wildman–Crippen MR) is 86.8 cm³/mol. The number of carbonyl (C=O) groups excluding carboxylic acids is 2. The summed E-state index contributed by atoms with van der Waals surface area (Å²) in [4.78, 5) is 27.6. The Morgan fingerprint density at radius 1 is 1.39 bits per heavy atom. The number of amides is 2. The van der Waals surface area contributed by atoms with Crippen LogP contribution in [-0.2, 0) is 14.3 Å². The highest BCUT2D eigenvalue weighted by Crippen LogP contribution is 2.25. The van der Waals surface area contributed by atoms with E-state index in [4.69, 9.17) is 9.47 Å². The van der Waals surface area contributed by atoms with Crippen molar-refractivity contribution in [2.45, 2.75) is 12.5 Å². The standard InChI is InChI=1S/C15H21N3O4S/c19-13(3-4-17-5-7-21-8-6-17)16-10-12-11-18(15(20)22-12)14-2-1-9-23-14/h1-2,9,12H,3-8,10-11H2,(H,16,19). The maximum atomic E-state index is 11.9. The Morgan fingerprint density at radius 3 is 2.96 bits per heavy atom. The lowest BCUT2D eigenvalue weighted by molar-refractivity contribution is -0.122. The third-order valence-electron chi connectivity index (χ3n) is 3.93. The molecule has 2 aliphatic rings. The lowest BCUT2D eigenvalue weighted by Gasteiger charge is -2.26. The van der Waals surface area contributed by atoms with E-state index in [2.05, 4.69) is 10.2 Å². The second-order valence-corrected chi connectivity index (χ2v) is 6.50. The fourth-order valence-electron chi connectivity index (χ4n) is 2.63. The van der Waals surface area contributed by atoms with E-state index < -0.39 is 0 Å². The van der Waals surface area contributed by atoms with Crippen LogP contribution in [0.1, 0.15) is 6.42 Å². The molecule has 23 heavy (non-hydrogen) atoms. The van der Waals surface area contributed by atoms with E-state index in [0.29, 0.717) is 19.5 Å². The first-order valence-corrected chi connectivity index (χ1v) is 8.69. The molecule has 2 amide bonds. The summed E-state index contributed by atoms with van der Waals surface area (Å²) in [6.07, 6.45) is -0.188. The summed E-state index contributed by atoms with van der Waals surface area (Å²) in [5, 5.41) is 5.64. The second kappa shape index (κ2) is 7.76. The van der Waals surface area contributed by atoms with Gasteiger partial charge in [-0.05, 0) is 17.5 Å². The van der Waals surface area contributed by atoms with Gasteiger partial charge in [0.1, 0.15) is 11.1 Å². The zero-order valence-corrected chi connectivity index (χ0v) is 13.7. The van der Waals surface area contributed by atoms with Gasteiger partial charge in [-0.3, -0.25) is 14.6 Å². The van der Waals surface area contributed by atoms with Crippen LogP contribution < -0.4 is 10.2 Å². The van der Waals surface area contributed by atoms with Gasteiger partial charge in [-0.2, -0.15) is 0 Å². The Balaban J connectivity index is 1.37. The molecule has 1 N–H and O–H groups in total. The van der Waals surface area contributed by atoms with Gasteiger partial charge in [-0.15, -0.1) is 11.3 Å². The van der Waals surface area contributed by atoms with Crippen LogP contribution >= 0.6 is 11.3 Å². The molecular formula is C15H21N3O4S. The van der Waals surface area contributed by atoms with Gasteiger partial charge >= 0.3 is 6.09 Å². The Kier molecular flexibility index (Phi) is 5.47. The molecule has 1 aromatic heterocycles. The minimum Gasteiger partial charge on any atom is -0.442 e. The van der Waals surface area contributed by atoms with Gasteiger partial charge < -0.3 is 14.8 Å². The van der Waals surface area contributed by atoms with Gasteiger partial charge in [0.2, 0.25) is 5.91 Å². The number of carbonyl (C=O) groups is 2. The fourth-order valence-corrected chi connectivity index (χ4v) is 3.36. The van der Waals surface area contributed by atoms with Gasteiger partial charge in [-0.1, -0.05) is 0 Å². The summed E-state index contributed by atoms with van der Waals surface area (Å²) in [5.74, 6) is -0.0119. The second-order valence-electron chi connectivity index (χ2n) is 5.58. The first-order valence-electron chi connectivity index (χ1n) is 7.81. The van der Waals surface area contributed by atoms with Crippen molar-refractivity contribution >= 4 is 28.3 Å². The van der Waals surface area contributed by atoms with Gasteiger partial charge in [0.25, 0.3) is 0 Å². The molecule has 0 bridgehead atoms. The molecule has 0 radical (unpaired) electrons. The van der Waals surface area contributed by atoms with Crippen molar-refractivity contribution in [2.75, 3.05) is 50.8 Å². The number of ether oxygens (including phenoxy) is 2. The summed E-state index contributed by atoms with van der Waals surface area (Å²) in [6, 6.07) is 3.78. The molecule has 2 fully saturated rings. The molecule has 8 heteroatoms. The van der Waals surface area contributed by atoms with Crippen molar-refractivity contribution in [2.24, 2.45) is 0 Å². The zero-order chi connectivity index (χ0) is 16.1. The minimum absolute atomic E-state index is 0.0119. The van der Waals surface area contributed by atoms with Gasteiger partial charge in [0.15, 0.2) is 0 Å². The number of hydrogen-bond acceptors (Lipinski definition) is 6. The van der Waals surface area contributed by atoms with Crippen molar-refractivity contribution in [3.63, 3.8) is 0 Å². The Labute approximate surface area is 139 Å². The first kappa shape index (κ1) is 16.2. The summed E-state index contributed by atoms with van der Waals surface area (Å²) in [6.45, 7) is 4.79. The Bertz CT molecular complexity index is 531. The smallest absolute Gasteiger partial charge is 0.415 e. The zero-order valence-electron chi connectivity index (χ0n) is 12.9. The Morgan fingerprint density at radius 2 is 2.22 bits per heavy atom. The van der Waals surface area contributed by atoms with Crippen LogP contribution in [0.25, 0.3) is 0 Å². The molecule has 2 aliphatic heterocycles. The lowest BCUT2D eigenvalue weighted by atomic mass is 10.3.